The van der Waals surface area contributed by atoms with Crippen molar-refractivity contribution in [3.8, 4) is 0 Å². The van der Waals surface area contributed by atoms with Crippen molar-refractivity contribution in [2.75, 3.05) is 6.26 Å². The van der Waals surface area contributed by atoms with Gasteiger partial charge in [0.1, 0.15) is 5.01 Å². The molecule has 0 aliphatic heterocycles. The van der Waals surface area contributed by atoms with E-state index >= 15 is 0 Å². The third kappa shape index (κ3) is 3.22. The Morgan fingerprint density at radius 1 is 1.56 bits per heavy atom. The number of hydrogen-bond donors (Lipinski definition) is 1. The molecule has 0 aromatic carbocycles. The maximum Gasteiger partial charge on any atom is 0.109 e. The molecule has 0 bridgehead atoms. The maximum absolute atomic E-state index is 4.37. The van der Waals surface area contributed by atoms with Crippen molar-refractivity contribution in [3.63, 3.8) is 0 Å². The minimum Gasteiger partial charge on any atom is -0.305 e. The van der Waals surface area contributed by atoms with Gasteiger partial charge in [-0.2, -0.15) is 11.8 Å². The summed E-state index contributed by atoms with van der Waals surface area (Å²) in [5.74, 6) is 0. The quantitative estimate of drug-likeness (QED) is 0.893. The fourth-order valence-corrected chi connectivity index (χ4v) is 3.87. The molecule has 1 heterocycles. The highest BCUT2D eigenvalue weighted by Crippen LogP contribution is 2.28. The van der Waals surface area contributed by atoms with E-state index in [4.69, 9.17) is 0 Å². The molecule has 1 N–H and O–H groups in total. The van der Waals surface area contributed by atoms with Crippen LogP contribution in [0.4, 0.5) is 0 Å². The molecule has 0 spiro atoms. The summed E-state index contributed by atoms with van der Waals surface area (Å²) in [7, 11) is 0. The van der Waals surface area contributed by atoms with E-state index in [1.54, 1.807) is 11.3 Å². The molecule has 1 fully saturated rings. The Labute approximate surface area is 106 Å². The zero-order valence-electron chi connectivity index (χ0n) is 9.98. The van der Waals surface area contributed by atoms with E-state index in [1.165, 1.54) is 30.7 Å². The lowest BCUT2D eigenvalue weighted by atomic mass is 9.94. The van der Waals surface area contributed by atoms with Gasteiger partial charge in [-0.25, -0.2) is 4.98 Å². The Morgan fingerprint density at radius 2 is 2.44 bits per heavy atom. The molecule has 16 heavy (non-hydrogen) atoms. The van der Waals surface area contributed by atoms with Gasteiger partial charge < -0.3 is 5.32 Å². The molecule has 3 atom stereocenters. The maximum atomic E-state index is 4.37. The van der Waals surface area contributed by atoms with Crippen LogP contribution in [0, 0.1) is 0 Å². The number of rotatable bonds is 4. The Balaban J connectivity index is 1.84. The standard InChI is InChI=1S/C12H20N2S2/c1-9(12-13-6-7-16-12)14-10-4-3-5-11(8-10)15-2/h6-7,9-11,14H,3-5,8H2,1-2H3. The number of aromatic nitrogens is 1. The molecule has 2 rings (SSSR count). The van der Waals surface area contributed by atoms with E-state index in [1.807, 2.05) is 18.0 Å². The van der Waals surface area contributed by atoms with Gasteiger partial charge in [0.05, 0.1) is 6.04 Å². The van der Waals surface area contributed by atoms with Crippen LogP contribution in [0.15, 0.2) is 11.6 Å². The summed E-state index contributed by atoms with van der Waals surface area (Å²) in [5, 5.41) is 7.85. The number of thioether (sulfide) groups is 1. The lowest BCUT2D eigenvalue weighted by Crippen LogP contribution is -2.36. The minimum atomic E-state index is 0.408. The van der Waals surface area contributed by atoms with Gasteiger partial charge in [-0.05, 0) is 32.4 Å². The van der Waals surface area contributed by atoms with Gasteiger partial charge >= 0.3 is 0 Å². The predicted molar refractivity (Wildman–Crippen MR) is 73.2 cm³/mol. The minimum absolute atomic E-state index is 0.408. The zero-order chi connectivity index (χ0) is 11.4. The summed E-state index contributed by atoms with van der Waals surface area (Å²) in [5.41, 5.74) is 0. The summed E-state index contributed by atoms with van der Waals surface area (Å²) >= 11 is 3.77. The fraction of sp³-hybridized carbons (Fsp3) is 0.750. The first-order valence-electron chi connectivity index (χ1n) is 5.98. The van der Waals surface area contributed by atoms with Gasteiger partial charge in [-0.15, -0.1) is 11.3 Å². The molecule has 0 radical (unpaired) electrons. The van der Waals surface area contributed by atoms with Crippen LogP contribution in [-0.2, 0) is 0 Å². The van der Waals surface area contributed by atoms with Gasteiger partial charge in [0, 0.05) is 22.9 Å². The summed E-state index contributed by atoms with van der Waals surface area (Å²) < 4.78 is 0. The molecule has 1 saturated carbocycles. The second-order valence-electron chi connectivity index (χ2n) is 4.48. The van der Waals surface area contributed by atoms with Crippen LogP contribution < -0.4 is 5.32 Å². The lowest BCUT2D eigenvalue weighted by molar-refractivity contribution is 0.353. The zero-order valence-corrected chi connectivity index (χ0v) is 11.6. The van der Waals surface area contributed by atoms with E-state index in [-0.39, 0.29) is 0 Å². The third-order valence-electron chi connectivity index (χ3n) is 3.27. The first kappa shape index (κ1) is 12.4. The highest BCUT2D eigenvalue weighted by atomic mass is 32.2. The first-order valence-corrected chi connectivity index (χ1v) is 8.14. The van der Waals surface area contributed by atoms with Crippen molar-refractivity contribution >= 4 is 23.1 Å². The molecule has 1 aliphatic carbocycles. The van der Waals surface area contributed by atoms with Crippen molar-refractivity contribution in [1.82, 2.24) is 10.3 Å². The van der Waals surface area contributed by atoms with Gasteiger partial charge in [-0.3, -0.25) is 0 Å². The van der Waals surface area contributed by atoms with Crippen LogP contribution in [0.3, 0.4) is 0 Å². The normalized spacial score (nSPS) is 27.9. The molecule has 0 saturated heterocycles. The van der Waals surface area contributed by atoms with Crippen LogP contribution in [0.25, 0.3) is 0 Å². The number of hydrogen-bond acceptors (Lipinski definition) is 4. The fourth-order valence-electron chi connectivity index (χ4n) is 2.38. The molecule has 1 aromatic rings. The van der Waals surface area contributed by atoms with Crippen LogP contribution >= 0.6 is 23.1 Å². The van der Waals surface area contributed by atoms with E-state index in [0.717, 1.165) is 5.25 Å². The second-order valence-corrected chi connectivity index (χ2v) is 6.54. The summed E-state index contributed by atoms with van der Waals surface area (Å²) in [6.45, 7) is 2.22. The average molecular weight is 256 g/mol. The molecule has 4 heteroatoms. The van der Waals surface area contributed by atoms with Crippen molar-refractivity contribution < 1.29 is 0 Å². The molecule has 2 nitrogen and oxygen atoms in total. The number of nitrogens with one attached hydrogen (secondary N) is 1. The largest absolute Gasteiger partial charge is 0.305 e. The highest BCUT2D eigenvalue weighted by Gasteiger charge is 2.23. The number of thiazole rings is 1. The van der Waals surface area contributed by atoms with E-state index in [2.05, 4.69) is 28.9 Å². The van der Waals surface area contributed by atoms with Gasteiger partial charge in [0.2, 0.25) is 0 Å². The first-order chi connectivity index (χ1) is 7.79. The second kappa shape index (κ2) is 6.03. The van der Waals surface area contributed by atoms with E-state index < -0.39 is 0 Å². The SMILES string of the molecule is CSC1CCCC(NC(C)c2nccs2)C1. The Bertz CT molecular complexity index is 300. The number of nitrogens with zero attached hydrogens (tertiary/aromatic N) is 1. The Hall–Kier alpha value is -0.0600. The van der Waals surface area contributed by atoms with Crippen LogP contribution in [0.1, 0.15) is 43.7 Å². The van der Waals surface area contributed by atoms with Crippen molar-refractivity contribution in [2.45, 2.75) is 49.9 Å². The molecule has 1 aromatic heterocycles. The van der Waals surface area contributed by atoms with Crippen LogP contribution in [-0.4, -0.2) is 22.5 Å². The average Bonchev–Trinajstić information content (AvgIpc) is 2.83. The summed E-state index contributed by atoms with van der Waals surface area (Å²) in [6, 6.07) is 1.09. The van der Waals surface area contributed by atoms with Crippen molar-refractivity contribution in [3.05, 3.63) is 16.6 Å². The van der Waals surface area contributed by atoms with Gasteiger partial charge in [0.25, 0.3) is 0 Å². The van der Waals surface area contributed by atoms with Crippen LogP contribution in [0.5, 0.6) is 0 Å². The molecule has 90 valence electrons. The Morgan fingerprint density at radius 3 is 3.12 bits per heavy atom. The molecule has 0 amide bonds. The van der Waals surface area contributed by atoms with Crippen molar-refractivity contribution in [1.29, 1.82) is 0 Å². The van der Waals surface area contributed by atoms with Gasteiger partial charge in [-0.1, -0.05) is 6.42 Å². The molecule has 1 aliphatic rings. The monoisotopic (exact) mass is 256 g/mol. The highest BCUT2D eigenvalue weighted by molar-refractivity contribution is 7.99. The van der Waals surface area contributed by atoms with E-state index in [0.29, 0.717) is 12.1 Å². The summed E-state index contributed by atoms with van der Waals surface area (Å²) in [4.78, 5) is 4.37. The molecular formula is C12H20N2S2. The van der Waals surface area contributed by atoms with Crippen molar-refractivity contribution in [2.24, 2.45) is 0 Å². The summed E-state index contributed by atoms with van der Waals surface area (Å²) in [6.07, 6.45) is 9.53. The lowest BCUT2D eigenvalue weighted by Gasteiger charge is -2.30. The van der Waals surface area contributed by atoms with Crippen LogP contribution in [0.2, 0.25) is 0 Å². The predicted octanol–water partition coefficient (Wildman–Crippen LogP) is 3.47. The Kier molecular flexibility index (Phi) is 4.67. The molecule has 3 unspecified atom stereocenters. The van der Waals surface area contributed by atoms with E-state index in [9.17, 15) is 0 Å². The van der Waals surface area contributed by atoms with Gasteiger partial charge in [0.15, 0.2) is 0 Å². The smallest absolute Gasteiger partial charge is 0.109 e. The molecular weight excluding hydrogens is 236 g/mol. The topological polar surface area (TPSA) is 24.9 Å². The third-order valence-corrected chi connectivity index (χ3v) is 5.32.